The van der Waals surface area contributed by atoms with Crippen LogP contribution in [0.15, 0.2) is 65.6 Å². The Morgan fingerprint density at radius 1 is 1.08 bits per heavy atom. The van der Waals surface area contributed by atoms with Gasteiger partial charge in [-0.25, -0.2) is 17.5 Å². The average Bonchev–Trinajstić information content (AvgIpc) is 3.12. The average molecular weight is 548 g/mol. The minimum atomic E-state index is -4.74. The van der Waals surface area contributed by atoms with Gasteiger partial charge in [0.05, 0.1) is 17.4 Å². The number of nitrogens with one attached hydrogen (secondary N) is 2. The molecule has 0 aliphatic heterocycles. The molecule has 2 aromatic carbocycles. The maximum Gasteiger partial charge on any atom is 0.416 e. The summed E-state index contributed by atoms with van der Waals surface area (Å²) in [5, 5.41) is -0.893. The van der Waals surface area contributed by atoms with Crippen molar-refractivity contribution in [2.75, 3.05) is 0 Å². The van der Waals surface area contributed by atoms with Gasteiger partial charge in [0.25, 0.3) is 11.5 Å². The molecule has 0 saturated heterocycles. The normalized spacial score (nSPS) is 14.4. The first-order valence-electron chi connectivity index (χ1n) is 11.7. The van der Waals surface area contributed by atoms with Crippen molar-refractivity contribution >= 4 is 26.8 Å². The first-order chi connectivity index (χ1) is 18.0. The van der Waals surface area contributed by atoms with Crippen molar-refractivity contribution in [1.29, 1.82) is 0 Å². The second kappa shape index (κ2) is 9.43. The van der Waals surface area contributed by atoms with E-state index in [0.717, 1.165) is 18.2 Å². The third-order valence-corrected chi connectivity index (χ3v) is 8.52. The number of amides is 1. The van der Waals surface area contributed by atoms with E-state index in [1.54, 1.807) is 6.07 Å². The molecule has 1 fully saturated rings. The van der Waals surface area contributed by atoms with E-state index in [4.69, 9.17) is 0 Å². The van der Waals surface area contributed by atoms with Gasteiger partial charge in [-0.3, -0.25) is 9.59 Å². The topological polar surface area (TPSA) is 101 Å². The molecule has 0 unspecified atom stereocenters. The quantitative estimate of drug-likeness (QED) is 0.338. The second-order valence-electron chi connectivity index (χ2n) is 9.07. The van der Waals surface area contributed by atoms with Crippen molar-refractivity contribution in [2.45, 2.75) is 37.2 Å². The van der Waals surface area contributed by atoms with Gasteiger partial charge in [0.1, 0.15) is 11.5 Å². The van der Waals surface area contributed by atoms with Crippen LogP contribution in [-0.2, 0) is 22.7 Å². The van der Waals surface area contributed by atoms with E-state index in [1.807, 2.05) is 4.72 Å². The molecule has 38 heavy (non-hydrogen) atoms. The van der Waals surface area contributed by atoms with Crippen LogP contribution in [0.5, 0.6) is 0 Å². The molecule has 198 valence electrons. The number of halogens is 4. The van der Waals surface area contributed by atoms with Crippen LogP contribution < -0.4 is 10.3 Å². The Balaban J connectivity index is 1.82. The summed E-state index contributed by atoms with van der Waals surface area (Å²) < 4.78 is 84.6. The molecule has 0 atom stereocenters. The third-order valence-electron chi connectivity index (χ3n) is 6.71. The molecule has 12 heteroatoms. The van der Waals surface area contributed by atoms with Gasteiger partial charge >= 0.3 is 6.18 Å². The Bertz CT molecular complexity index is 1720. The molecular formula is C26H21F4N3O4S. The third kappa shape index (κ3) is 4.60. The van der Waals surface area contributed by atoms with Crippen LogP contribution >= 0.6 is 0 Å². The fraction of sp³-hybridized carbons (Fsp3) is 0.231. The van der Waals surface area contributed by atoms with Gasteiger partial charge in [0, 0.05) is 33.8 Å². The van der Waals surface area contributed by atoms with E-state index in [-0.39, 0.29) is 39.8 Å². The Morgan fingerprint density at radius 3 is 2.45 bits per heavy atom. The lowest BCUT2D eigenvalue weighted by Gasteiger charge is -2.25. The summed E-state index contributed by atoms with van der Waals surface area (Å²) in [5.41, 5.74) is -2.25. The SMILES string of the molecule is O=C(NS(=O)(=O)C1CCC1)c1c(-c2ccc[nH]c2=O)c2cc(C(F)(F)F)ccc2n1Cc1ccccc1F. The Labute approximate surface area is 214 Å². The van der Waals surface area contributed by atoms with Gasteiger partial charge in [0.2, 0.25) is 10.0 Å². The number of sulfonamides is 1. The van der Waals surface area contributed by atoms with Crippen LogP contribution in [0, 0.1) is 5.82 Å². The highest BCUT2D eigenvalue weighted by molar-refractivity contribution is 7.90. The molecule has 0 bridgehead atoms. The van der Waals surface area contributed by atoms with Gasteiger partial charge in [-0.15, -0.1) is 0 Å². The minimum absolute atomic E-state index is 0.0886. The molecule has 1 saturated carbocycles. The predicted octanol–water partition coefficient (Wildman–Crippen LogP) is 4.81. The number of alkyl halides is 3. The van der Waals surface area contributed by atoms with E-state index in [0.29, 0.717) is 19.3 Å². The highest BCUT2D eigenvalue weighted by Gasteiger charge is 2.36. The van der Waals surface area contributed by atoms with Gasteiger partial charge in [-0.1, -0.05) is 24.6 Å². The number of H-pyrrole nitrogens is 1. The fourth-order valence-electron chi connectivity index (χ4n) is 4.56. The minimum Gasteiger partial charge on any atom is -0.331 e. The lowest BCUT2D eigenvalue weighted by Crippen LogP contribution is -2.42. The van der Waals surface area contributed by atoms with Gasteiger partial charge in [0.15, 0.2) is 0 Å². The first kappa shape index (κ1) is 25.7. The van der Waals surface area contributed by atoms with Crippen molar-refractivity contribution in [2.24, 2.45) is 0 Å². The summed E-state index contributed by atoms with van der Waals surface area (Å²) in [7, 11) is -4.10. The van der Waals surface area contributed by atoms with E-state index in [9.17, 15) is 35.6 Å². The van der Waals surface area contributed by atoms with E-state index in [1.165, 1.54) is 41.1 Å². The highest BCUT2D eigenvalue weighted by Crippen LogP contribution is 2.39. The number of aromatic nitrogens is 2. The molecule has 1 aliphatic carbocycles. The summed E-state index contributed by atoms with van der Waals surface area (Å²) in [6.45, 7) is -0.314. The van der Waals surface area contributed by atoms with Crippen LogP contribution in [0.25, 0.3) is 22.0 Å². The number of hydrogen-bond donors (Lipinski definition) is 2. The Kier molecular flexibility index (Phi) is 6.38. The van der Waals surface area contributed by atoms with Gasteiger partial charge in [-0.2, -0.15) is 13.2 Å². The standard InChI is InChI=1S/C26H21F4N3O4S/c27-20-9-2-1-5-15(20)14-33-21-11-10-16(26(28,29)30)13-19(21)22(18-8-4-12-31-24(18)34)23(33)25(35)32-38(36,37)17-6-3-7-17/h1-2,4-5,8-13,17H,3,6-7,14H2,(H,31,34)(H,32,35). The highest BCUT2D eigenvalue weighted by atomic mass is 32.2. The van der Waals surface area contributed by atoms with Crippen molar-refractivity contribution < 1.29 is 30.8 Å². The maximum atomic E-state index is 14.6. The summed E-state index contributed by atoms with van der Waals surface area (Å²) in [6, 6.07) is 11.1. The zero-order chi connectivity index (χ0) is 27.2. The van der Waals surface area contributed by atoms with E-state index < -0.39 is 44.3 Å². The fourth-order valence-corrected chi connectivity index (χ4v) is 6.04. The number of benzene rings is 2. The van der Waals surface area contributed by atoms with Gasteiger partial charge < -0.3 is 9.55 Å². The van der Waals surface area contributed by atoms with Crippen LogP contribution in [0.1, 0.15) is 40.9 Å². The first-order valence-corrected chi connectivity index (χ1v) is 13.2. The number of rotatable bonds is 6. The number of aromatic amines is 1. The number of pyridine rings is 1. The van der Waals surface area contributed by atoms with Crippen LogP contribution in [0.3, 0.4) is 0 Å². The molecule has 1 amide bonds. The summed E-state index contributed by atoms with van der Waals surface area (Å²) in [5.74, 6) is -1.76. The smallest absolute Gasteiger partial charge is 0.331 e. The lowest BCUT2D eigenvalue weighted by atomic mass is 10.0. The number of hydrogen-bond acceptors (Lipinski definition) is 4. The molecule has 0 spiro atoms. The second-order valence-corrected chi connectivity index (χ2v) is 11.0. The van der Waals surface area contributed by atoms with Crippen molar-refractivity contribution in [3.63, 3.8) is 0 Å². The maximum absolute atomic E-state index is 14.6. The zero-order valence-corrected chi connectivity index (χ0v) is 20.5. The molecule has 2 heterocycles. The van der Waals surface area contributed by atoms with E-state index >= 15 is 0 Å². The Morgan fingerprint density at radius 2 is 1.82 bits per heavy atom. The van der Waals surface area contributed by atoms with Crippen molar-refractivity contribution in [3.8, 4) is 11.1 Å². The number of fused-ring (bicyclic) bond motifs is 1. The summed E-state index contributed by atoms with van der Waals surface area (Å²) >= 11 is 0. The van der Waals surface area contributed by atoms with Crippen LogP contribution in [0.2, 0.25) is 0 Å². The van der Waals surface area contributed by atoms with Crippen LogP contribution in [0.4, 0.5) is 17.6 Å². The Hall–Kier alpha value is -3.93. The molecule has 4 aromatic rings. The number of carbonyl (C=O) groups is 1. The molecule has 0 radical (unpaired) electrons. The van der Waals surface area contributed by atoms with Crippen molar-refractivity contribution in [1.82, 2.24) is 14.3 Å². The van der Waals surface area contributed by atoms with E-state index in [2.05, 4.69) is 4.98 Å². The molecule has 1 aliphatic rings. The molecule has 2 N–H and O–H groups in total. The predicted molar refractivity (Wildman–Crippen MR) is 133 cm³/mol. The zero-order valence-electron chi connectivity index (χ0n) is 19.7. The largest absolute Gasteiger partial charge is 0.416 e. The molecular weight excluding hydrogens is 526 g/mol. The van der Waals surface area contributed by atoms with Crippen molar-refractivity contribution in [3.05, 3.63) is 93.8 Å². The molecule has 5 rings (SSSR count). The number of nitrogens with zero attached hydrogens (tertiary/aromatic N) is 1. The molecule has 7 nitrogen and oxygen atoms in total. The van der Waals surface area contributed by atoms with Gasteiger partial charge in [-0.05, 0) is 49.2 Å². The monoisotopic (exact) mass is 547 g/mol. The number of carbonyl (C=O) groups excluding carboxylic acids is 1. The lowest BCUT2D eigenvalue weighted by molar-refractivity contribution is -0.137. The summed E-state index contributed by atoms with van der Waals surface area (Å²) in [4.78, 5) is 28.8. The summed E-state index contributed by atoms with van der Waals surface area (Å²) in [6.07, 6.45) is -2.02. The molecule has 2 aromatic heterocycles. The van der Waals surface area contributed by atoms with Crippen LogP contribution in [-0.4, -0.2) is 29.1 Å².